The van der Waals surface area contributed by atoms with Gasteiger partial charge in [0.05, 0.1) is 0 Å². The largest absolute Gasteiger partial charge is 0.427 e. The number of carbonyl (C=O) groups excluding carboxylic acids is 2. The Kier molecular flexibility index (Phi) is 8.36. The molecular weight excluding hydrogens is 252 g/mol. The number of hydrogen-bond donors (Lipinski definition) is 0. The van der Waals surface area contributed by atoms with Gasteiger partial charge in [-0.05, 0) is 18.6 Å². The van der Waals surface area contributed by atoms with Crippen molar-refractivity contribution >= 4 is 12.3 Å². The summed E-state index contributed by atoms with van der Waals surface area (Å²) in [6.45, 7) is 2.20. The van der Waals surface area contributed by atoms with Gasteiger partial charge < -0.3 is 4.74 Å². The fraction of sp³-hybridized carbons (Fsp3) is 0.529. The van der Waals surface area contributed by atoms with Crippen molar-refractivity contribution in [1.82, 2.24) is 0 Å². The summed E-state index contributed by atoms with van der Waals surface area (Å²) in [5.74, 6) is 0.226. The molecule has 1 aromatic carbocycles. The summed E-state index contributed by atoms with van der Waals surface area (Å²) < 4.78 is 5.20. The summed E-state index contributed by atoms with van der Waals surface area (Å²) in [6.07, 6.45) is 9.43. The Morgan fingerprint density at radius 2 is 1.80 bits per heavy atom. The molecule has 0 aliphatic carbocycles. The molecule has 0 spiro atoms. The fourth-order valence-electron chi connectivity index (χ4n) is 2.06. The van der Waals surface area contributed by atoms with E-state index in [1.165, 1.54) is 32.1 Å². The van der Waals surface area contributed by atoms with E-state index < -0.39 is 0 Å². The molecule has 1 rings (SSSR count). The lowest BCUT2D eigenvalue weighted by Gasteiger charge is -2.05. The van der Waals surface area contributed by atoms with Crippen molar-refractivity contribution in [3.63, 3.8) is 0 Å². The van der Waals surface area contributed by atoms with Crippen LogP contribution in [0.25, 0.3) is 0 Å². The number of rotatable bonds is 10. The Morgan fingerprint density at radius 3 is 2.50 bits per heavy atom. The zero-order valence-corrected chi connectivity index (χ0v) is 12.3. The minimum Gasteiger partial charge on any atom is -0.427 e. The molecule has 0 unspecified atom stereocenters. The first-order valence-electron chi connectivity index (χ1n) is 7.52. The zero-order valence-electron chi connectivity index (χ0n) is 12.3. The predicted molar refractivity (Wildman–Crippen MR) is 80.1 cm³/mol. The summed E-state index contributed by atoms with van der Waals surface area (Å²) in [5, 5.41) is 0. The molecule has 0 N–H and O–H groups in total. The monoisotopic (exact) mass is 276 g/mol. The minimum absolute atomic E-state index is 0.221. The first-order valence-corrected chi connectivity index (χ1v) is 7.52. The number of hydrogen-bond acceptors (Lipinski definition) is 3. The third kappa shape index (κ3) is 7.07. The molecule has 3 nitrogen and oxygen atoms in total. The third-order valence-corrected chi connectivity index (χ3v) is 3.21. The van der Waals surface area contributed by atoms with Crippen LogP contribution in [0.15, 0.2) is 24.3 Å². The van der Waals surface area contributed by atoms with E-state index >= 15 is 0 Å². The van der Waals surface area contributed by atoms with E-state index in [0.717, 1.165) is 19.1 Å². The van der Waals surface area contributed by atoms with E-state index in [0.29, 0.717) is 17.7 Å². The van der Waals surface area contributed by atoms with E-state index in [1.807, 2.05) is 0 Å². The highest BCUT2D eigenvalue weighted by Crippen LogP contribution is 2.14. The first kappa shape index (κ1) is 16.4. The molecule has 1 aromatic rings. The Bertz CT molecular complexity index is 412. The number of aldehydes is 1. The second-order valence-corrected chi connectivity index (χ2v) is 5.04. The molecule has 0 aliphatic heterocycles. The molecule has 0 atom stereocenters. The van der Waals surface area contributed by atoms with Gasteiger partial charge in [-0.2, -0.15) is 0 Å². The van der Waals surface area contributed by atoms with Crippen molar-refractivity contribution in [3.8, 4) is 5.75 Å². The van der Waals surface area contributed by atoms with Crippen molar-refractivity contribution in [2.24, 2.45) is 0 Å². The summed E-state index contributed by atoms with van der Waals surface area (Å²) in [6, 6.07) is 6.66. The van der Waals surface area contributed by atoms with Crippen molar-refractivity contribution in [2.45, 2.75) is 58.3 Å². The highest BCUT2D eigenvalue weighted by atomic mass is 16.5. The smallest absolute Gasteiger partial charge is 0.311 e. The second-order valence-electron chi connectivity index (χ2n) is 5.04. The third-order valence-electron chi connectivity index (χ3n) is 3.21. The second kappa shape index (κ2) is 10.2. The van der Waals surface area contributed by atoms with Crippen LogP contribution in [0.2, 0.25) is 0 Å². The summed E-state index contributed by atoms with van der Waals surface area (Å²) in [5.41, 5.74) is 0.520. The summed E-state index contributed by atoms with van der Waals surface area (Å²) in [7, 11) is 0. The quantitative estimate of drug-likeness (QED) is 0.272. The lowest BCUT2D eigenvalue weighted by Crippen LogP contribution is -2.07. The first-order chi connectivity index (χ1) is 9.76. The van der Waals surface area contributed by atoms with Gasteiger partial charge in [-0.25, -0.2) is 0 Å². The number of esters is 1. The molecule has 110 valence electrons. The topological polar surface area (TPSA) is 43.4 Å². The SMILES string of the molecule is CCCCCCCCCC(=O)Oc1cccc(C=O)c1. The summed E-state index contributed by atoms with van der Waals surface area (Å²) >= 11 is 0. The Hall–Kier alpha value is -1.64. The number of benzene rings is 1. The molecule has 0 saturated carbocycles. The molecule has 0 heterocycles. The lowest BCUT2D eigenvalue weighted by atomic mass is 10.1. The molecule has 0 amide bonds. The number of ether oxygens (including phenoxy) is 1. The van der Waals surface area contributed by atoms with E-state index in [-0.39, 0.29) is 5.97 Å². The van der Waals surface area contributed by atoms with Gasteiger partial charge in [0.25, 0.3) is 0 Å². The van der Waals surface area contributed by atoms with E-state index in [2.05, 4.69) is 6.92 Å². The standard InChI is InChI=1S/C17H24O3/c1-2-3-4-5-6-7-8-12-17(19)20-16-11-9-10-15(13-16)14-18/h9-11,13-14H,2-8,12H2,1H3. The van der Waals surface area contributed by atoms with Crippen LogP contribution in [0.5, 0.6) is 5.75 Å². The van der Waals surface area contributed by atoms with Gasteiger partial charge in [-0.1, -0.05) is 57.6 Å². The molecule has 0 fully saturated rings. The maximum Gasteiger partial charge on any atom is 0.311 e. The minimum atomic E-state index is -0.221. The van der Waals surface area contributed by atoms with Crippen molar-refractivity contribution < 1.29 is 14.3 Å². The van der Waals surface area contributed by atoms with Gasteiger partial charge in [0.1, 0.15) is 12.0 Å². The summed E-state index contributed by atoms with van der Waals surface area (Å²) in [4.78, 5) is 22.3. The van der Waals surface area contributed by atoms with Crippen LogP contribution in [0.1, 0.15) is 68.6 Å². The van der Waals surface area contributed by atoms with Gasteiger partial charge in [-0.15, -0.1) is 0 Å². The fourth-order valence-corrected chi connectivity index (χ4v) is 2.06. The van der Waals surface area contributed by atoms with Crippen molar-refractivity contribution in [1.29, 1.82) is 0 Å². The van der Waals surface area contributed by atoms with Crippen LogP contribution in [-0.4, -0.2) is 12.3 Å². The molecule has 0 saturated heterocycles. The van der Waals surface area contributed by atoms with E-state index in [4.69, 9.17) is 4.74 Å². The maximum atomic E-state index is 11.6. The molecular formula is C17H24O3. The van der Waals surface area contributed by atoms with Crippen molar-refractivity contribution in [3.05, 3.63) is 29.8 Å². The lowest BCUT2D eigenvalue weighted by molar-refractivity contribution is -0.134. The molecule has 0 radical (unpaired) electrons. The van der Waals surface area contributed by atoms with Gasteiger partial charge in [0, 0.05) is 12.0 Å². The zero-order chi connectivity index (χ0) is 14.6. The van der Waals surface area contributed by atoms with Crippen LogP contribution in [0.4, 0.5) is 0 Å². The Balaban J connectivity index is 2.15. The van der Waals surface area contributed by atoms with Gasteiger partial charge in [-0.3, -0.25) is 9.59 Å². The van der Waals surface area contributed by atoms with Crippen LogP contribution in [-0.2, 0) is 4.79 Å². The molecule has 0 aromatic heterocycles. The highest BCUT2D eigenvalue weighted by Gasteiger charge is 2.05. The average Bonchev–Trinajstić information content (AvgIpc) is 2.46. The van der Waals surface area contributed by atoms with Crippen LogP contribution >= 0.6 is 0 Å². The normalized spacial score (nSPS) is 10.2. The highest BCUT2D eigenvalue weighted by molar-refractivity contribution is 5.77. The molecule has 0 bridgehead atoms. The molecule has 3 heteroatoms. The predicted octanol–water partition coefficient (Wildman–Crippen LogP) is 4.55. The van der Waals surface area contributed by atoms with Crippen molar-refractivity contribution in [2.75, 3.05) is 0 Å². The number of unbranched alkanes of at least 4 members (excludes halogenated alkanes) is 6. The molecule has 20 heavy (non-hydrogen) atoms. The van der Waals surface area contributed by atoms with Crippen LogP contribution in [0.3, 0.4) is 0 Å². The van der Waals surface area contributed by atoms with Crippen LogP contribution in [0, 0.1) is 0 Å². The van der Waals surface area contributed by atoms with Gasteiger partial charge in [0.15, 0.2) is 0 Å². The van der Waals surface area contributed by atoms with Gasteiger partial charge in [0.2, 0.25) is 0 Å². The van der Waals surface area contributed by atoms with Crippen LogP contribution < -0.4 is 4.74 Å². The van der Waals surface area contributed by atoms with Gasteiger partial charge >= 0.3 is 5.97 Å². The molecule has 0 aliphatic rings. The average molecular weight is 276 g/mol. The van der Waals surface area contributed by atoms with E-state index in [1.54, 1.807) is 24.3 Å². The Labute approximate surface area is 121 Å². The number of carbonyl (C=O) groups is 2. The maximum absolute atomic E-state index is 11.6. The Morgan fingerprint density at radius 1 is 1.10 bits per heavy atom. The van der Waals surface area contributed by atoms with E-state index in [9.17, 15) is 9.59 Å².